The van der Waals surface area contributed by atoms with Crippen molar-refractivity contribution < 1.29 is 0 Å². The molecule has 0 saturated heterocycles. The molecule has 50 valence electrons. The summed E-state index contributed by atoms with van der Waals surface area (Å²) in [5.41, 5.74) is 6.19. The molecular weight excluding hydrogens is 116 g/mol. The molecule has 3 N–H and O–H groups in total. The quantitative estimate of drug-likeness (QED) is 0.559. The highest BCUT2D eigenvalue weighted by molar-refractivity contribution is 5.60. The van der Waals surface area contributed by atoms with Crippen molar-refractivity contribution in [1.29, 1.82) is 0 Å². The lowest BCUT2D eigenvalue weighted by Gasteiger charge is -2.08. The fraction of sp³-hybridized carbons (Fsp3) is 0.400. The Labute approximate surface area is 53.7 Å². The zero-order chi connectivity index (χ0) is 6.85. The highest BCUT2D eigenvalue weighted by Gasteiger charge is 1.99. The van der Waals surface area contributed by atoms with Gasteiger partial charge in [-0.15, -0.1) is 0 Å². The number of hydrogen-bond acceptors (Lipinski definition) is 3. The van der Waals surface area contributed by atoms with E-state index in [4.69, 9.17) is 5.73 Å². The van der Waals surface area contributed by atoms with E-state index in [1.165, 1.54) is 0 Å². The topological polar surface area (TPSA) is 57.9 Å². The van der Waals surface area contributed by atoms with Crippen LogP contribution < -0.4 is 10.6 Å². The molecule has 0 aliphatic carbocycles. The van der Waals surface area contributed by atoms with Gasteiger partial charge in [0.1, 0.15) is 5.82 Å². The average molecular weight is 126 g/mol. The monoisotopic (exact) mass is 126 g/mol. The lowest BCUT2D eigenvalue weighted by Crippen LogP contribution is -2.10. The molecule has 0 amide bonds. The number of nitrogens with one attached hydrogen (secondary N) is 1. The van der Waals surface area contributed by atoms with Crippen LogP contribution in [0.3, 0.4) is 0 Å². The second kappa shape index (κ2) is 1.97. The second-order valence-corrected chi connectivity index (χ2v) is 2.07. The van der Waals surface area contributed by atoms with Crippen molar-refractivity contribution >= 4 is 11.5 Å². The number of aromatic amines is 1. The minimum absolute atomic E-state index is 0.681. The van der Waals surface area contributed by atoms with E-state index in [0.29, 0.717) is 5.69 Å². The highest BCUT2D eigenvalue weighted by atomic mass is 15.3. The van der Waals surface area contributed by atoms with Crippen molar-refractivity contribution in [3.8, 4) is 0 Å². The molecule has 0 aromatic carbocycles. The Bertz CT molecular complexity index is 191. The van der Waals surface area contributed by atoms with Gasteiger partial charge in [0.05, 0.1) is 11.9 Å². The van der Waals surface area contributed by atoms with Crippen molar-refractivity contribution in [1.82, 2.24) is 10.2 Å². The van der Waals surface area contributed by atoms with Gasteiger partial charge in [0, 0.05) is 14.1 Å². The Morgan fingerprint density at radius 1 is 1.67 bits per heavy atom. The van der Waals surface area contributed by atoms with Crippen molar-refractivity contribution in [2.75, 3.05) is 24.7 Å². The SMILES string of the molecule is CN(C)c1[nH]ncc1N. The molecule has 1 rings (SSSR count). The minimum atomic E-state index is 0.681. The molecule has 0 aliphatic heterocycles. The number of rotatable bonds is 1. The fourth-order valence-electron chi connectivity index (χ4n) is 0.647. The molecule has 0 spiro atoms. The van der Waals surface area contributed by atoms with Gasteiger partial charge < -0.3 is 10.6 Å². The number of nitrogens with two attached hydrogens (primary N) is 1. The molecule has 1 heterocycles. The van der Waals surface area contributed by atoms with E-state index in [-0.39, 0.29) is 0 Å². The first-order valence-corrected chi connectivity index (χ1v) is 2.68. The maximum atomic E-state index is 5.51. The van der Waals surface area contributed by atoms with Crippen LogP contribution in [-0.4, -0.2) is 24.3 Å². The van der Waals surface area contributed by atoms with Gasteiger partial charge in [-0.1, -0.05) is 0 Å². The lowest BCUT2D eigenvalue weighted by atomic mass is 10.5. The van der Waals surface area contributed by atoms with Crippen LogP contribution in [0.2, 0.25) is 0 Å². The molecular formula is C5H10N4. The maximum Gasteiger partial charge on any atom is 0.147 e. The summed E-state index contributed by atoms with van der Waals surface area (Å²) in [5.74, 6) is 0.856. The average Bonchev–Trinajstić information content (AvgIpc) is 2.13. The molecule has 9 heavy (non-hydrogen) atoms. The van der Waals surface area contributed by atoms with E-state index in [0.717, 1.165) is 5.82 Å². The first-order valence-electron chi connectivity index (χ1n) is 2.68. The van der Waals surface area contributed by atoms with Gasteiger partial charge in [-0.3, -0.25) is 5.10 Å². The van der Waals surface area contributed by atoms with Gasteiger partial charge in [-0.25, -0.2) is 0 Å². The molecule has 4 heteroatoms. The summed E-state index contributed by atoms with van der Waals surface area (Å²) in [7, 11) is 3.81. The molecule has 0 saturated carbocycles. The summed E-state index contributed by atoms with van der Waals surface area (Å²) >= 11 is 0. The standard InChI is InChI=1S/C5H10N4/c1-9(2)5-4(6)3-7-8-5/h3H,6H2,1-2H3,(H,7,8). The van der Waals surface area contributed by atoms with Crippen LogP contribution in [0, 0.1) is 0 Å². The van der Waals surface area contributed by atoms with Crippen LogP contribution in [0.15, 0.2) is 6.20 Å². The van der Waals surface area contributed by atoms with E-state index < -0.39 is 0 Å². The van der Waals surface area contributed by atoms with Crippen LogP contribution in [0.25, 0.3) is 0 Å². The van der Waals surface area contributed by atoms with Crippen LogP contribution >= 0.6 is 0 Å². The predicted molar refractivity (Wildman–Crippen MR) is 37.3 cm³/mol. The number of hydrogen-bond donors (Lipinski definition) is 2. The zero-order valence-electron chi connectivity index (χ0n) is 5.55. The van der Waals surface area contributed by atoms with Crippen molar-refractivity contribution in [2.24, 2.45) is 0 Å². The van der Waals surface area contributed by atoms with Crippen LogP contribution in [0.4, 0.5) is 11.5 Å². The number of aromatic nitrogens is 2. The first-order chi connectivity index (χ1) is 4.22. The third-order valence-electron chi connectivity index (χ3n) is 1.09. The van der Waals surface area contributed by atoms with Crippen molar-refractivity contribution in [3.05, 3.63) is 6.20 Å². The third-order valence-corrected chi connectivity index (χ3v) is 1.09. The second-order valence-electron chi connectivity index (χ2n) is 2.07. The highest BCUT2D eigenvalue weighted by Crippen LogP contribution is 2.14. The predicted octanol–water partition coefficient (Wildman–Crippen LogP) is 0.0579. The van der Waals surface area contributed by atoms with Crippen LogP contribution in [-0.2, 0) is 0 Å². The molecule has 4 nitrogen and oxygen atoms in total. The lowest BCUT2D eigenvalue weighted by molar-refractivity contribution is 1.01. The summed E-state index contributed by atoms with van der Waals surface area (Å²) in [6, 6.07) is 0. The van der Waals surface area contributed by atoms with Gasteiger partial charge in [0.2, 0.25) is 0 Å². The molecule has 0 bridgehead atoms. The van der Waals surface area contributed by atoms with Gasteiger partial charge in [-0.2, -0.15) is 5.10 Å². The molecule has 0 fully saturated rings. The van der Waals surface area contributed by atoms with Crippen molar-refractivity contribution in [2.45, 2.75) is 0 Å². The summed E-state index contributed by atoms with van der Waals surface area (Å²) in [6.45, 7) is 0. The summed E-state index contributed by atoms with van der Waals surface area (Å²) in [4.78, 5) is 1.88. The van der Waals surface area contributed by atoms with Gasteiger partial charge in [-0.05, 0) is 0 Å². The number of H-pyrrole nitrogens is 1. The molecule has 0 atom stereocenters. The Morgan fingerprint density at radius 3 is 2.56 bits per heavy atom. The molecule has 0 aliphatic rings. The van der Waals surface area contributed by atoms with E-state index >= 15 is 0 Å². The Hall–Kier alpha value is -1.19. The van der Waals surface area contributed by atoms with Crippen molar-refractivity contribution in [3.63, 3.8) is 0 Å². The summed E-state index contributed by atoms with van der Waals surface area (Å²) in [6.07, 6.45) is 1.59. The first kappa shape index (κ1) is 5.94. The van der Waals surface area contributed by atoms with Crippen LogP contribution in [0.5, 0.6) is 0 Å². The Morgan fingerprint density at radius 2 is 2.33 bits per heavy atom. The van der Waals surface area contributed by atoms with Gasteiger partial charge in [0.15, 0.2) is 0 Å². The molecule has 0 radical (unpaired) electrons. The maximum absolute atomic E-state index is 5.51. The van der Waals surface area contributed by atoms with E-state index in [1.807, 2.05) is 19.0 Å². The van der Waals surface area contributed by atoms with Gasteiger partial charge in [0.25, 0.3) is 0 Å². The number of anilines is 2. The minimum Gasteiger partial charge on any atom is -0.394 e. The molecule has 1 aromatic heterocycles. The molecule has 1 aromatic rings. The number of nitrogen functional groups attached to an aromatic ring is 1. The smallest absolute Gasteiger partial charge is 0.147 e. The third kappa shape index (κ3) is 0.960. The van der Waals surface area contributed by atoms with E-state index in [1.54, 1.807) is 6.20 Å². The Kier molecular flexibility index (Phi) is 1.30. The largest absolute Gasteiger partial charge is 0.394 e. The summed E-state index contributed by atoms with van der Waals surface area (Å²) < 4.78 is 0. The summed E-state index contributed by atoms with van der Waals surface area (Å²) in [5, 5.41) is 6.51. The van der Waals surface area contributed by atoms with E-state index in [2.05, 4.69) is 10.2 Å². The molecule has 0 unspecified atom stereocenters. The van der Waals surface area contributed by atoms with Crippen LogP contribution in [0.1, 0.15) is 0 Å². The Balaban J connectivity index is 2.94. The normalized spacial score (nSPS) is 9.56. The van der Waals surface area contributed by atoms with E-state index in [9.17, 15) is 0 Å². The number of nitrogens with zero attached hydrogens (tertiary/aromatic N) is 2. The fourth-order valence-corrected chi connectivity index (χ4v) is 0.647. The zero-order valence-corrected chi connectivity index (χ0v) is 5.55. The van der Waals surface area contributed by atoms with Gasteiger partial charge >= 0.3 is 0 Å².